The molecule has 3 saturated carbocycles. The van der Waals surface area contributed by atoms with Crippen molar-refractivity contribution in [1.82, 2.24) is 10.6 Å². The van der Waals surface area contributed by atoms with Crippen molar-refractivity contribution < 1.29 is 5.11 Å². The Bertz CT molecular complexity index is 744. The van der Waals surface area contributed by atoms with E-state index in [-0.39, 0.29) is 6.10 Å². The fourth-order valence-electron chi connectivity index (χ4n) is 6.74. The normalized spacial score (nSPS) is 33.6. The summed E-state index contributed by atoms with van der Waals surface area (Å²) in [5, 5.41) is 17.2. The molecule has 1 aromatic rings. The van der Waals surface area contributed by atoms with Crippen molar-refractivity contribution in [1.29, 1.82) is 0 Å². The first kappa shape index (κ1) is 20.0. The van der Waals surface area contributed by atoms with Gasteiger partial charge in [-0.2, -0.15) is 0 Å². The van der Waals surface area contributed by atoms with Crippen molar-refractivity contribution in [2.75, 3.05) is 19.6 Å². The SMILES string of the molecule is C=C(NCC1(CC)CC2CC3CC31C2)c1cc(CC(O)CNCC)ccc1C. The second kappa shape index (κ2) is 7.50. The van der Waals surface area contributed by atoms with Crippen LogP contribution < -0.4 is 10.6 Å². The second-order valence-corrected chi connectivity index (χ2v) is 9.85. The van der Waals surface area contributed by atoms with Crippen molar-refractivity contribution in [3.05, 3.63) is 41.5 Å². The van der Waals surface area contributed by atoms with Gasteiger partial charge in [0.15, 0.2) is 0 Å². The third kappa shape index (κ3) is 3.31. The van der Waals surface area contributed by atoms with Gasteiger partial charge in [-0.3, -0.25) is 0 Å². The summed E-state index contributed by atoms with van der Waals surface area (Å²) in [4.78, 5) is 0. The maximum atomic E-state index is 10.2. The highest BCUT2D eigenvalue weighted by atomic mass is 16.3. The van der Waals surface area contributed by atoms with E-state index in [1.807, 2.05) is 0 Å². The van der Waals surface area contributed by atoms with E-state index in [4.69, 9.17) is 0 Å². The van der Waals surface area contributed by atoms with Crippen LogP contribution in [0.2, 0.25) is 0 Å². The van der Waals surface area contributed by atoms with Gasteiger partial charge in [0.25, 0.3) is 0 Å². The maximum absolute atomic E-state index is 10.2. The summed E-state index contributed by atoms with van der Waals surface area (Å²) in [6.45, 7) is 13.6. The number of aliphatic hydroxyl groups excluding tert-OH is 1. The Balaban J connectivity index is 1.41. The van der Waals surface area contributed by atoms with E-state index in [2.05, 4.69) is 56.2 Å². The summed E-state index contributed by atoms with van der Waals surface area (Å²) in [5.74, 6) is 2.00. The Morgan fingerprint density at radius 3 is 2.79 bits per heavy atom. The number of fused-ring (bicyclic) bond motifs is 1. The number of aliphatic hydroxyl groups is 1. The second-order valence-electron chi connectivity index (χ2n) is 9.85. The quantitative estimate of drug-likeness (QED) is 0.566. The molecule has 3 aliphatic rings. The van der Waals surface area contributed by atoms with Gasteiger partial charge in [0, 0.05) is 24.4 Å². The van der Waals surface area contributed by atoms with Crippen molar-refractivity contribution in [2.45, 2.75) is 65.4 Å². The number of hydrogen-bond donors (Lipinski definition) is 3. The van der Waals surface area contributed by atoms with Crippen LogP contribution in [0.1, 0.15) is 62.6 Å². The summed E-state index contributed by atoms with van der Waals surface area (Å²) in [6, 6.07) is 6.52. The van der Waals surface area contributed by atoms with E-state index < -0.39 is 0 Å². The number of nitrogens with one attached hydrogen (secondary N) is 2. The summed E-state index contributed by atoms with van der Waals surface area (Å²) in [6.07, 6.45) is 7.49. The number of likely N-dealkylation sites (N-methyl/N-ethyl adjacent to an activating group) is 1. The molecule has 0 amide bonds. The third-order valence-electron chi connectivity index (χ3n) is 8.28. The lowest BCUT2D eigenvalue weighted by atomic mass is 9.69. The zero-order valence-corrected chi connectivity index (χ0v) is 18.0. The van der Waals surface area contributed by atoms with Crippen LogP contribution in [0.25, 0.3) is 5.70 Å². The first-order chi connectivity index (χ1) is 13.4. The summed E-state index contributed by atoms with van der Waals surface area (Å²) >= 11 is 0. The average molecular weight is 383 g/mol. The molecule has 4 rings (SSSR count). The standard InChI is InChI=1S/C25H38N2O/c1-5-24(12-20-9-21-14-25(21,24)13-20)16-27-18(4)23-11-19(8-7-17(23)3)10-22(28)15-26-6-2/h7-8,11,20-22,26-28H,4-6,9-10,12-16H2,1-3H3. The van der Waals surface area contributed by atoms with Crippen LogP contribution in [0.5, 0.6) is 0 Å². The first-order valence-electron chi connectivity index (χ1n) is 11.3. The molecule has 2 bridgehead atoms. The van der Waals surface area contributed by atoms with E-state index in [9.17, 15) is 5.11 Å². The predicted octanol–water partition coefficient (Wildman–Crippen LogP) is 4.28. The lowest BCUT2D eigenvalue weighted by Crippen LogP contribution is -2.39. The molecule has 0 heterocycles. The molecular weight excluding hydrogens is 344 g/mol. The molecular formula is C25H38N2O. The fraction of sp³-hybridized carbons (Fsp3) is 0.680. The molecule has 0 radical (unpaired) electrons. The van der Waals surface area contributed by atoms with E-state index in [1.165, 1.54) is 48.8 Å². The smallest absolute Gasteiger partial charge is 0.0704 e. The fourth-order valence-corrected chi connectivity index (χ4v) is 6.74. The Hall–Kier alpha value is -1.32. The van der Waals surface area contributed by atoms with Gasteiger partial charge in [-0.05, 0) is 91.9 Å². The molecule has 0 aromatic heterocycles. The molecule has 5 atom stereocenters. The minimum absolute atomic E-state index is 0.347. The van der Waals surface area contributed by atoms with Crippen LogP contribution in [-0.2, 0) is 6.42 Å². The highest BCUT2D eigenvalue weighted by Gasteiger charge is 2.73. The number of hydrogen-bond acceptors (Lipinski definition) is 3. The minimum Gasteiger partial charge on any atom is -0.391 e. The molecule has 3 heteroatoms. The van der Waals surface area contributed by atoms with Crippen LogP contribution in [-0.4, -0.2) is 30.8 Å². The van der Waals surface area contributed by atoms with Gasteiger partial charge in [-0.25, -0.2) is 0 Å². The molecule has 3 fully saturated rings. The Morgan fingerprint density at radius 1 is 1.29 bits per heavy atom. The highest BCUT2D eigenvalue weighted by Crippen LogP contribution is 2.80. The average Bonchev–Trinajstić information content (AvgIpc) is 3.17. The number of aryl methyl sites for hydroxylation is 1. The summed E-state index contributed by atoms with van der Waals surface area (Å²) in [7, 11) is 0. The van der Waals surface area contributed by atoms with Crippen molar-refractivity contribution in [3.63, 3.8) is 0 Å². The van der Waals surface area contributed by atoms with Crippen LogP contribution in [0, 0.1) is 29.6 Å². The molecule has 3 aliphatic carbocycles. The summed E-state index contributed by atoms with van der Waals surface area (Å²) < 4.78 is 0. The van der Waals surface area contributed by atoms with Crippen LogP contribution >= 0.6 is 0 Å². The van der Waals surface area contributed by atoms with Crippen molar-refractivity contribution in [3.8, 4) is 0 Å². The molecule has 3 N–H and O–H groups in total. The topological polar surface area (TPSA) is 44.3 Å². The predicted molar refractivity (Wildman–Crippen MR) is 117 cm³/mol. The maximum Gasteiger partial charge on any atom is 0.0704 e. The van der Waals surface area contributed by atoms with E-state index >= 15 is 0 Å². The van der Waals surface area contributed by atoms with E-state index in [0.29, 0.717) is 23.8 Å². The molecule has 154 valence electrons. The molecule has 1 aromatic carbocycles. The van der Waals surface area contributed by atoms with E-state index in [1.54, 1.807) is 0 Å². The highest BCUT2D eigenvalue weighted by molar-refractivity contribution is 5.65. The molecule has 1 spiro atoms. The Morgan fingerprint density at radius 2 is 2.11 bits per heavy atom. The molecule has 5 unspecified atom stereocenters. The van der Waals surface area contributed by atoms with Gasteiger partial charge in [0.1, 0.15) is 0 Å². The zero-order valence-electron chi connectivity index (χ0n) is 18.0. The van der Waals surface area contributed by atoms with Gasteiger partial charge in [-0.15, -0.1) is 0 Å². The zero-order chi connectivity index (χ0) is 19.9. The van der Waals surface area contributed by atoms with Gasteiger partial charge in [0.05, 0.1) is 6.10 Å². The van der Waals surface area contributed by atoms with E-state index in [0.717, 1.165) is 30.6 Å². The lowest BCUT2D eigenvalue weighted by molar-refractivity contribution is 0.138. The molecule has 0 saturated heterocycles. The molecule has 0 aliphatic heterocycles. The lowest BCUT2D eigenvalue weighted by Gasteiger charge is -2.38. The van der Waals surface area contributed by atoms with Crippen molar-refractivity contribution >= 4 is 5.70 Å². The minimum atomic E-state index is -0.347. The van der Waals surface area contributed by atoms with Gasteiger partial charge in [0.2, 0.25) is 0 Å². The first-order valence-corrected chi connectivity index (χ1v) is 11.3. The van der Waals surface area contributed by atoms with Gasteiger partial charge in [-0.1, -0.05) is 32.6 Å². The van der Waals surface area contributed by atoms with Gasteiger partial charge < -0.3 is 15.7 Å². The van der Waals surface area contributed by atoms with Crippen LogP contribution in [0.3, 0.4) is 0 Å². The Labute approximate surface area is 171 Å². The third-order valence-corrected chi connectivity index (χ3v) is 8.28. The van der Waals surface area contributed by atoms with Crippen molar-refractivity contribution in [2.24, 2.45) is 22.7 Å². The Kier molecular flexibility index (Phi) is 5.35. The summed E-state index contributed by atoms with van der Waals surface area (Å²) in [5.41, 5.74) is 5.82. The van der Waals surface area contributed by atoms with Crippen LogP contribution in [0.4, 0.5) is 0 Å². The monoisotopic (exact) mass is 382 g/mol. The van der Waals surface area contributed by atoms with Gasteiger partial charge >= 0.3 is 0 Å². The largest absolute Gasteiger partial charge is 0.391 e. The molecule has 28 heavy (non-hydrogen) atoms. The number of benzene rings is 1. The number of rotatable bonds is 10. The molecule has 3 nitrogen and oxygen atoms in total. The van der Waals surface area contributed by atoms with Crippen LogP contribution in [0.15, 0.2) is 24.8 Å².